The van der Waals surface area contributed by atoms with Crippen LogP contribution in [0.15, 0.2) is 30.6 Å². The van der Waals surface area contributed by atoms with Gasteiger partial charge in [-0.15, -0.1) is 5.10 Å². The Hall–Kier alpha value is -1.89. The van der Waals surface area contributed by atoms with E-state index in [0.29, 0.717) is 28.0 Å². The molecule has 0 spiro atoms. The SMILES string of the molecule is Cn1cc(-c2cn(-c3c(Cl)cccc3Cl)nn2)c(CN)n1. The van der Waals surface area contributed by atoms with E-state index in [4.69, 9.17) is 28.9 Å². The van der Waals surface area contributed by atoms with E-state index in [1.807, 2.05) is 13.2 Å². The highest BCUT2D eigenvalue weighted by Crippen LogP contribution is 2.29. The fraction of sp³-hybridized carbons (Fsp3) is 0.154. The minimum absolute atomic E-state index is 0.329. The second-order valence-corrected chi connectivity index (χ2v) is 5.30. The molecule has 6 nitrogen and oxygen atoms in total. The van der Waals surface area contributed by atoms with Crippen molar-refractivity contribution in [2.75, 3.05) is 0 Å². The van der Waals surface area contributed by atoms with Crippen molar-refractivity contribution in [1.29, 1.82) is 0 Å². The third-order valence-corrected chi connectivity index (χ3v) is 3.64. The second-order valence-electron chi connectivity index (χ2n) is 4.49. The minimum atomic E-state index is 0.329. The van der Waals surface area contributed by atoms with Crippen LogP contribution in [0.25, 0.3) is 16.9 Å². The van der Waals surface area contributed by atoms with Crippen LogP contribution < -0.4 is 5.73 Å². The predicted molar refractivity (Wildman–Crippen MR) is 81.5 cm³/mol. The van der Waals surface area contributed by atoms with Crippen LogP contribution in [-0.4, -0.2) is 24.8 Å². The first-order chi connectivity index (χ1) is 10.1. The molecule has 2 N–H and O–H groups in total. The summed E-state index contributed by atoms with van der Waals surface area (Å²) in [5, 5.41) is 13.5. The maximum Gasteiger partial charge on any atom is 0.116 e. The molecule has 0 saturated heterocycles. The molecule has 0 aliphatic heterocycles. The molecule has 3 rings (SSSR count). The lowest BCUT2D eigenvalue weighted by molar-refractivity contribution is 0.742. The maximum absolute atomic E-state index is 6.17. The molecule has 0 bridgehead atoms. The summed E-state index contributed by atoms with van der Waals surface area (Å²) in [7, 11) is 1.83. The van der Waals surface area contributed by atoms with Gasteiger partial charge in [0.25, 0.3) is 0 Å². The molecule has 0 unspecified atom stereocenters. The Kier molecular flexibility index (Phi) is 3.67. The standard InChI is InChI=1S/C13H12Cl2N6/c1-20-6-8(11(5-16)18-20)12-7-21(19-17-12)13-9(14)3-2-4-10(13)15/h2-4,6-7H,5,16H2,1H3. The Bertz CT molecular complexity index is 772. The summed E-state index contributed by atoms with van der Waals surface area (Å²) in [6.07, 6.45) is 3.61. The van der Waals surface area contributed by atoms with Gasteiger partial charge in [0.15, 0.2) is 0 Å². The zero-order chi connectivity index (χ0) is 15.0. The normalized spacial score (nSPS) is 11.0. The highest BCUT2D eigenvalue weighted by molar-refractivity contribution is 6.37. The maximum atomic E-state index is 6.17. The molecule has 0 aliphatic carbocycles. The summed E-state index contributed by atoms with van der Waals surface area (Å²) in [6, 6.07) is 5.28. The first-order valence-electron chi connectivity index (χ1n) is 6.20. The highest BCUT2D eigenvalue weighted by Gasteiger charge is 2.15. The number of hydrogen-bond acceptors (Lipinski definition) is 4. The van der Waals surface area contributed by atoms with Crippen LogP contribution in [0.1, 0.15) is 5.69 Å². The molecule has 0 amide bonds. The minimum Gasteiger partial charge on any atom is -0.325 e. The second kappa shape index (κ2) is 5.48. The fourth-order valence-corrected chi connectivity index (χ4v) is 2.67. The number of para-hydroxylation sites is 1. The average molecular weight is 323 g/mol. The van der Waals surface area contributed by atoms with Gasteiger partial charge in [0, 0.05) is 25.4 Å². The van der Waals surface area contributed by atoms with Crippen molar-refractivity contribution in [3.8, 4) is 16.9 Å². The van der Waals surface area contributed by atoms with E-state index in [1.165, 1.54) is 0 Å². The molecule has 3 aromatic rings. The van der Waals surface area contributed by atoms with Crippen LogP contribution in [0.3, 0.4) is 0 Å². The number of aromatic nitrogens is 5. The van der Waals surface area contributed by atoms with Gasteiger partial charge in [-0.2, -0.15) is 5.10 Å². The lowest BCUT2D eigenvalue weighted by atomic mass is 10.2. The first-order valence-corrected chi connectivity index (χ1v) is 6.95. The average Bonchev–Trinajstić information content (AvgIpc) is 3.05. The van der Waals surface area contributed by atoms with Crippen LogP contribution in [-0.2, 0) is 13.6 Å². The Morgan fingerprint density at radius 2 is 1.90 bits per heavy atom. The molecule has 0 aliphatic rings. The summed E-state index contributed by atoms with van der Waals surface area (Å²) >= 11 is 12.3. The lowest BCUT2D eigenvalue weighted by Gasteiger charge is -2.04. The molecule has 0 atom stereocenters. The monoisotopic (exact) mass is 322 g/mol. The molecule has 0 radical (unpaired) electrons. The Labute approximate surface area is 131 Å². The first kappa shape index (κ1) is 14.1. The van der Waals surface area contributed by atoms with Crippen LogP contribution in [0.5, 0.6) is 0 Å². The predicted octanol–water partition coefficient (Wildman–Crippen LogP) is 2.43. The van der Waals surface area contributed by atoms with Crippen molar-refractivity contribution in [3.63, 3.8) is 0 Å². The molecule has 8 heteroatoms. The highest BCUT2D eigenvalue weighted by atomic mass is 35.5. The van der Waals surface area contributed by atoms with Crippen LogP contribution >= 0.6 is 23.2 Å². The summed E-state index contributed by atoms with van der Waals surface area (Å²) < 4.78 is 3.24. The quantitative estimate of drug-likeness (QED) is 0.803. The van der Waals surface area contributed by atoms with Gasteiger partial charge in [0.2, 0.25) is 0 Å². The number of nitrogens with zero attached hydrogens (tertiary/aromatic N) is 5. The van der Waals surface area contributed by atoms with Crippen LogP contribution in [0, 0.1) is 0 Å². The van der Waals surface area contributed by atoms with Crippen molar-refractivity contribution < 1.29 is 0 Å². The van der Waals surface area contributed by atoms with Crippen LogP contribution in [0.4, 0.5) is 0 Å². The van der Waals surface area contributed by atoms with E-state index in [1.54, 1.807) is 33.8 Å². The fourth-order valence-electron chi connectivity index (χ4n) is 2.10. The molecular weight excluding hydrogens is 311 g/mol. The number of rotatable bonds is 3. The summed E-state index contributed by atoms with van der Waals surface area (Å²) in [4.78, 5) is 0. The zero-order valence-corrected chi connectivity index (χ0v) is 12.7. The summed E-state index contributed by atoms with van der Waals surface area (Å²) in [6.45, 7) is 0.329. The van der Waals surface area contributed by atoms with Gasteiger partial charge < -0.3 is 5.73 Å². The smallest absolute Gasteiger partial charge is 0.116 e. The van der Waals surface area contributed by atoms with E-state index >= 15 is 0 Å². The Morgan fingerprint density at radius 1 is 1.19 bits per heavy atom. The Morgan fingerprint density at radius 3 is 2.57 bits per heavy atom. The number of aryl methyl sites for hydroxylation is 1. The molecule has 1 aromatic carbocycles. The molecule has 108 valence electrons. The third-order valence-electron chi connectivity index (χ3n) is 3.03. The van der Waals surface area contributed by atoms with Gasteiger partial charge >= 0.3 is 0 Å². The molecule has 0 saturated carbocycles. The Balaban J connectivity index is 2.08. The number of nitrogens with two attached hydrogens (primary N) is 1. The van der Waals surface area contributed by atoms with E-state index in [2.05, 4.69) is 15.4 Å². The van der Waals surface area contributed by atoms with Gasteiger partial charge in [0.1, 0.15) is 11.4 Å². The van der Waals surface area contributed by atoms with Crippen molar-refractivity contribution >= 4 is 23.2 Å². The number of hydrogen-bond donors (Lipinski definition) is 1. The summed E-state index contributed by atoms with van der Waals surface area (Å²) in [5.74, 6) is 0. The molecule has 2 heterocycles. The largest absolute Gasteiger partial charge is 0.325 e. The molecule has 2 aromatic heterocycles. The van der Waals surface area contributed by atoms with E-state index in [9.17, 15) is 0 Å². The molecule has 0 fully saturated rings. The van der Waals surface area contributed by atoms with Gasteiger partial charge in [-0.05, 0) is 12.1 Å². The van der Waals surface area contributed by atoms with Gasteiger partial charge in [-0.3, -0.25) is 4.68 Å². The van der Waals surface area contributed by atoms with Crippen molar-refractivity contribution in [1.82, 2.24) is 24.8 Å². The van der Waals surface area contributed by atoms with E-state index in [-0.39, 0.29) is 0 Å². The number of benzene rings is 1. The molecule has 21 heavy (non-hydrogen) atoms. The van der Waals surface area contributed by atoms with Crippen molar-refractivity contribution in [2.45, 2.75) is 6.54 Å². The zero-order valence-electron chi connectivity index (χ0n) is 11.2. The molecular formula is C13H12Cl2N6. The topological polar surface area (TPSA) is 74.5 Å². The van der Waals surface area contributed by atoms with Gasteiger partial charge in [0.05, 0.1) is 21.9 Å². The van der Waals surface area contributed by atoms with Gasteiger partial charge in [-0.1, -0.05) is 34.5 Å². The van der Waals surface area contributed by atoms with E-state index < -0.39 is 0 Å². The lowest BCUT2D eigenvalue weighted by Crippen LogP contribution is -1.99. The van der Waals surface area contributed by atoms with Crippen molar-refractivity contribution in [3.05, 3.63) is 46.3 Å². The van der Waals surface area contributed by atoms with Crippen molar-refractivity contribution in [2.24, 2.45) is 12.8 Å². The van der Waals surface area contributed by atoms with Crippen LogP contribution in [0.2, 0.25) is 10.0 Å². The summed E-state index contributed by atoms with van der Waals surface area (Å²) in [5.41, 5.74) is 8.56. The number of halogens is 2. The van der Waals surface area contributed by atoms with E-state index in [0.717, 1.165) is 11.3 Å². The van der Waals surface area contributed by atoms with Gasteiger partial charge in [-0.25, -0.2) is 4.68 Å². The third kappa shape index (κ3) is 2.53.